The topological polar surface area (TPSA) is 71.5 Å². The Morgan fingerprint density at radius 2 is 1.68 bits per heavy atom. The summed E-state index contributed by atoms with van der Waals surface area (Å²) in [7, 11) is 0. The molecule has 122 valence electrons. The van der Waals surface area contributed by atoms with E-state index in [1.807, 2.05) is 25.7 Å². The quantitative estimate of drug-likeness (QED) is 0.777. The summed E-state index contributed by atoms with van der Waals surface area (Å²) in [6, 6.07) is 0. The molecule has 0 aromatic carbocycles. The van der Waals surface area contributed by atoms with Crippen molar-refractivity contribution in [3.05, 3.63) is 10.6 Å². The maximum atomic E-state index is 12.1. The number of rotatable bonds is 1. The van der Waals surface area contributed by atoms with Crippen LogP contribution in [0.3, 0.4) is 0 Å². The molecular weight excluding hydrogens is 329 g/mol. The highest BCUT2D eigenvalue weighted by atomic mass is 35.5. The first-order chi connectivity index (χ1) is 10.2. The van der Waals surface area contributed by atoms with Crippen LogP contribution in [0, 0.1) is 0 Å². The van der Waals surface area contributed by atoms with E-state index in [2.05, 4.69) is 15.0 Å². The molecule has 1 saturated heterocycles. The Morgan fingerprint density at radius 3 is 2.27 bits per heavy atom. The summed E-state index contributed by atoms with van der Waals surface area (Å²) in [4.78, 5) is 27.6. The maximum Gasteiger partial charge on any atom is 0.410 e. The van der Waals surface area contributed by atoms with E-state index < -0.39 is 5.60 Å². The predicted octanol–water partition coefficient (Wildman–Crippen LogP) is 2.63. The monoisotopic (exact) mass is 347 g/mol. The van der Waals surface area contributed by atoms with Gasteiger partial charge in [-0.2, -0.15) is 15.0 Å². The smallest absolute Gasteiger partial charge is 0.410 e. The minimum absolute atomic E-state index is 0.0586. The maximum absolute atomic E-state index is 12.1. The molecule has 1 aromatic rings. The number of ether oxygens (including phenoxy) is 1. The van der Waals surface area contributed by atoms with Crippen molar-refractivity contribution in [2.75, 3.05) is 31.1 Å². The molecule has 1 amide bonds. The van der Waals surface area contributed by atoms with E-state index in [0.717, 1.165) is 6.42 Å². The van der Waals surface area contributed by atoms with Crippen LogP contribution in [0.15, 0.2) is 0 Å². The minimum atomic E-state index is -0.502. The Balaban J connectivity index is 2.02. The van der Waals surface area contributed by atoms with Crippen LogP contribution in [0.25, 0.3) is 0 Å². The number of nitrogens with zero attached hydrogens (tertiary/aromatic N) is 5. The van der Waals surface area contributed by atoms with Crippen LogP contribution in [0.5, 0.6) is 0 Å². The lowest BCUT2D eigenvalue weighted by Gasteiger charge is -2.26. The average molecular weight is 348 g/mol. The molecule has 0 aliphatic carbocycles. The summed E-state index contributed by atoms with van der Waals surface area (Å²) >= 11 is 11.6. The highest BCUT2D eigenvalue weighted by molar-refractivity contribution is 6.31. The lowest BCUT2D eigenvalue weighted by atomic mass is 10.2. The molecule has 1 aromatic heterocycles. The van der Waals surface area contributed by atoms with Crippen molar-refractivity contribution in [1.82, 2.24) is 19.9 Å². The Bertz CT molecular complexity index is 529. The van der Waals surface area contributed by atoms with Crippen LogP contribution in [-0.4, -0.2) is 57.7 Å². The van der Waals surface area contributed by atoms with Crippen molar-refractivity contribution in [1.29, 1.82) is 0 Å². The first kappa shape index (κ1) is 17.0. The van der Waals surface area contributed by atoms with Crippen LogP contribution in [0.4, 0.5) is 10.7 Å². The third-order valence-electron chi connectivity index (χ3n) is 3.00. The fourth-order valence-electron chi connectivity index (χ4n) is 2.08. The fraction of sp³-hybridized carbons (Fsp3) is 0.692. The lowest BCUT2D eigenvalue weighted by Crippen LogP contribution is -2.39. The van der Waals surface area contributed by atoms with Gasteiger partial charge < -0.3 is 14.5 Å². The second kappa shape index (κ2) is 6.83. The largest absolute Gasteiger partial charge is 0.444 e. The van der Waals surface area contributed by atoms with E-state index in [9.17, 15) is 4.79 Å². The average Bonchev–Trinajstić information content (AvgIpc) is 2.61. The van der Waals surface area contributed by atoms with Gasteiger partial charge in [0.2, 0.25) is 16.5 Å². The number of halogens is 2. The third-order valence-corrected chi connectivity index (χ3v) is 3.34. The highest BCUT2D eigenvalue weighted by Crippen LogP contribution is 2.17. The number of carbonyl (C=O) groups excluding carboxylic acids is 1. The number of amides is 1. The van der Waals surface area contributed by atoms with Gasteiger partial charge in [-0.3, -0.25) is 0 Å². The van der Waals surface area contributed by atoms with Crippen LogP contribution in [0.2, 0.25) is 10.6 Å². The number of anilines is 1. The van der Waals surface area contributed by atoms with Crippen molar-refractivity contribution < 1.29 is 9.53 Å². The molecule has 0 bridgehead atoms. The van der Waals surface area contributed by atoms with Gasteiger partial charge in [0.1, 0.15) is 5.60 Å². The van der Waals surface area contributed by atoms with Gasteiger partial charge in [0, 0.05) is 26.2 Å². The Kier molecular flexibility index (Phi) is 5.28. The molecule has 0 radical (unpaired) electrons. The second-order valence-corrected chi connectivity index (χ2v) is 6.66. The molecule has 22 heavy (non-hydrogen) atoms. The van der Waals surface area contributed by atoms with Crippen molar-refractivity contribution in [2.24, 2.45) is 0 Å². The zero-order valence-corrected chi connectivity index (χ0v) is 14.4. The van der Waals surface area contributed by atoms with Gasteiger partial charge in [0.25, 0.3) is 0 Å². The van der Waals surface area contributed by atoms with Gasteiger partial charge in [-0.05, 0) is 50.4 Å². The van der Waals surface area contributed by atoms with Gasteiger partial charge in [-0.25, -0.2) is 4.79 Å². The molecule has 9 heteroatoms. The molecule has 0 N–H and O–H groups in total. The number of hydrogen-bond acceptors (Lipinski definition) is 6. The minimum Gasteiger partial charge on any atom is -0.444 e. The molecule has 2 rings (SSSR count). The van der Waals surface area contributed by atoms with E-state index in [-0.39, 0.29) is 16.7 Å². The third kappa shape index (κ3) is 4.84. The molecule has 7 nitrogen and oxygen atoms in total. The van der Waals surface area contributed by atoms with E-state index >= 15 is 0 Å². The van der Waals surface area contributed by atoms with Crippen LogP contribution >= 0.6 is 23.2 Å². The van der Waals surface area contributed by atoms with Crippen molar-refractivity contribution in [3.63, 3.8) is 0 Å². The summed E-state index contributed by atoms with van der Waals surface area (Å²) in [5, 5.41) is 0.117. The summed E-state index contributed by atoms with van der Waals surface area (Å²) in [6.45, 7) is 7.98. The molecule has 0 unspecified atom stereocenters. The van der Waals surface area contributed by atoms with Crippen molar-refractivity contribution in [2.45, 2.75) is 32.8 Å². The molecule has 2 heterocycles. The first-order valence-corrected chi connectivity index (χ1v) is 7.80. The summed E-state index contributed by atoms with van der Waals surface area (Å²) in [5.74, 6) is 0.427. The number of hydrogen-bond donors (Lipinski definition) is 0. The zero-order chi connectivity index (χ0) is 16.3. The molecular formula is C13H19Cl2N5O2. The Labute approximate surface area is 139 Å². The zero-order valence-electron chi connectivity index (χ0n) is 12.8. The fourth-order valence-corrected chi connectivity index (χ4v) is 2.44. The van der Waals surface area contributed by atoms with Gasteiger partial charge in [0.15, 0.2) is 0 Å². The van der Waals surface area contributed by atoms with Gasteiger partial charge in [-0.15, -0.1) is 0 Å². The molecule has 1 aliphatic heterocycles. The highest BCUT2D eigenvalue weighted by Gasteiger charge is 2.25. The Hall–Kier alpha value is -1.34. The van der Waals surface area contributed by atoms with Gasteiger partial charge in [-0.1, -0.05) is 0 Å². The standard InChI is InChI=1S/C13H19Cl2N5O2/c1-13(2,3)22-12(21)20-6-4-5-19(7-8-20)11-17-9(14)16-10(15)18-11/h4-8H2,1-3H3. The van der Waals surface area contributed by atoms with Gasteiger partial charge in [0.05, 0.1) is 0 Å². The number of carbonyl (C=O) groups is 1. The summed E-state index contributed by atoms with van der Waals surface area (Å²) in [5.41, 5.74) is -0.502. The molecule has 0 atom stereocenters. The molecule has 0 saturated carbocycles. The van der Waals surface area contributed by atoms with Gasteiger partial charge >= 0.3 is 6.09 Å². The van der Waals surface area contributed by atoms with Crippen LogP contribution in [-0.2, 0) is 4.74 Å². The predicted molar refractivity (Wildman–Crippen MR) is 84.5 cm³/mol. The molecule has 1 aliphatic rings. The number of aromatic nitrogens is 3. The lowest BCUT2D eigenvalue weighted by molar-refractivity contribution is 0.0263. The van der Waals surface area contributed by atoms with E-state index in [1.54, 1.807) is 4.90 Å². The summed E-state index contributed by atoms with van der Waals surface area (Å²) < 4.78 is 5.40. The summed E-state index contributed by atoms with van der Waals surface area (Å²) in [6.07, 6.45) is 0.473. The van der Waals surface area contributed by atoms with Crippen molar-refractivity contribution >= 4 is 35.2 Å². The SMILES string of the molecule is CC(C)(C)OC(=O)N1CCCN(c2nc(Cl)nc(Cl)n2)CC1. The first-order valence-electron chi connectivity index (χ1n) is 7.04. The van der Waals surface area contributed by atoms with Crippen LogP contribution < -0.4 is 4.90 Å². The molecule has 1 fully saturated rings. The normalized spacial score (nSPS) is 16.4. The second-order valence-electron chi connectivity index (χ2n) is 5.98. The molecule has 0 spiro atoms. The van der Waals surface area contributed by atoms with E-state index in [1.165, 1.54) is 0 Å². The van der Waals surface area contributed by atoms with E-state index in [4.69, 9.17) is 27.9 Å². The van der Waals surface area contributed by atoms with Crippen molar-refractivity contribution in [3.8, 4) is 0 Å². The van der Waals surface area contributed by atoms with E-state index in [0.29, 0.717) is 32.1 Å². The Morgan fingerprint density at radius 1 is 1.05 bits per heavy atom. The van der Waals surface area contributed by atoms with Crippen LogP contribution in [0.1, 0.15) is 27.2 Å².